The van der Waals surface area contributed by atoms with Gasteiger partial charge in [0, 0.05) is 6.61 Å². The monoisotopic (exact) mass is 749 g/mol. The maximum atomic E-state index is 13.3. The average molecular weight is 749 g/mol. The third-order valence-electron chi connectivity index (χ3n) is 12.3. The van der Waals surface area contributed by atoms with Gasteiger partial charge in [-0.15, -0.1) is 0 Å². The molecule has 52 heavy (non-hydrogen) atoms. The van der Waals surface area contributed by atoms with Crippen molar-refractivity contribution in [3.63, 3.8) is 0 Å². The predicted octanol–water partition coefficient (Wildman–Crippen LogP) is 15.5. The van der Waals surface area contributed by atoms with Gasteiger partial charge in [-0.05, 0) is 117 Å². The van der Waals surface area contributed by atoms with E-state index in [1.54, 1.807) is 13.8 Å². The predicted molar refractivity (Wildman–Crippen MR) is 236 cm³/mol. The first kappa shape index (κ1) is 61.0. The summed E-state index contributed by atoms with van der Waals surface area (Å²) in [4.78, 5) is 0. The summed E-state index contributed by atoms with van der Waals surface area (Å²) in [5.41, 5.74) is -0.479. The molecule has 0 spiro atoms. The molecule has 0 saturated heterocycles. The summed E-state index contributed by atoms with van der Waals surface area (Å²) in [5, 5.41) is 19.2. The highest BCUT2D eigenvalue weighted by Gasteiger charge is 2.35. The second-order valence-electron chi connectivity index (χ2n) is 24.3. The number of hydrogen-bond acceptors (Lipinski definition) is 3. The number of halogens is 1. The molecular weight excluding hydrogens is 644 g/mol. The first-order chi connectivity index (χ1) is 22.0. The van der Waals surface area contributed by atoms with E-state index >= 15 is 0 Å². The van der Waals surface area contributed by atoms with Crippen molar-refractivity contribution in [1.29, 1.82) is 0 Å². The van der Waals surface area contributed by atoms with Crippen LogP contribution < -0.4 is 0 Å². The van der Waals surface area contributed by atoms with E-state index in [4.69, 9.17) is 4.74 Å². The minimum absolute atomic E-state index is 0.0677. The summed E-state index contributed by atoms with van der Waals surface area (Å²) >= 11 is 0. The number of ether oxygens (including phenoxy) is 1. The number of aliphatic hydroxyl groups is 2. The molecule has 0 radical (unpaired) electrons. The highest BCUT2D eigenvalue weighted by molar-refractivity contribution is 4.85. The zero-order valence-corrected chi connectivity index (χ0v) is 42.1. The second-order valence-corrected chi connectivity index (χ2v) is 24.3. The van der Waals surface area contributed by atoms with E-state index in [0.29, 0.717) is 40.1 Å². The van der Waals surface area contributed by atoms with Gasteiger partial charge in [-0.2, -0.15) is 0 Å². The smallest absolute Gasteiger partial charge is 0.108 e. The van der Waals surface area contributed by atoms with Crippen molar-refractivity contribution < 1.29 is 19.3 Å². The van der Waals surface area contributed by atoms with Gasteiger partial charge >= 0.3 is 0 Å². The fraction of sp³-hybridized carbons (Fsp3) is 1.00. The van der Waals surface area contributed by atoms with Gasteiger partial charge in [-0.3, -0.25) is 0 Å². The quantitative estimate of drug-likeness (QED) is 0.273. The van der Waals surface area contributed by atoms with Crippen LogP contribution in [0.5, 0.6) is 0 Å². The van der Waals surface area contributed by atoms with E-state index in [1.807, 2.05) is 34.6 Å². The Morgan fingerprint density at radius 3 is 0.712 bits per heavy atom. The van der Waals surface area contributed by atoms with Gasteiger partial charge in [-0.1, -0.05) is 166 Å². The van der Waals surface area contributed by atoms with Gasteiger partial charge in [0.25, 0.3) is 0 Å². The average Bonchev–Trinajstić information content (AvgIpc) is 2.86. The molecule has 322 valence electrons. The standard InChI is InChI=1S/C11H24O.C10H22.C9H19F.2C9H20O/c1-7-8-12-10(3)9(2)11(4,5)6;1-8(9(2,3)4)10(5,6)7;3*1-7(8(2,3)4)9(5,6)10/h9-10H,7-8H2,1-6H3;8H,1-7H3;7H,1-6H3;2*7,10H,1-6H3. The molecule has 0 saturated carbocycles. The molecule has 3 nitrogen and oxygen atoms in total. The Morgan fingerprint density at radius 1 is 0.404 bits per heavy atom. The molecule has 0 aromatic heterocycles. The lowest BCUT2D eigenvalue weighted by atomic mass is 9.68. The van der Waals surface area contributed by atoms with Gasteiger partial charge in [0.15, 0.2) is 0 Å². The minimum atomic E-state index is -1.06. The molecule has 0 aliphatic heterocycles. The van der Waals surface area contributed by atoms with E-state index in [9.17, 15) is 14.6 Å². The number of alkyl halides is 1. The maximum absolute atomic E-state index is 13.3. The van der Waals surface area contributed by atoms with Crippen LogP contribution in [0.2, 0.25) is 0 Å². The molecule has 0 fully saturated rings. The lowest BCUT2D eigenvalue weighted by molar-refractivity contribution is -0.0233. The van der Waals surface area contributed by atoms with Crippen LogP contribution >= 0.6 is 0 Å². The largest absolute Gasteiger partial charge is 0.390 e. The molecule has 0 amide bonds. The first-order valence-electron chi connectivity index (χ1n) is 20.8. The van der Waals surface area contributed by atoms with Crippen LogP contribution in [0.15, 0.2) is 0 Å². The molecule has 0 aromatic carbocycles. The zero-order valence-electron chi connectivity index (χ0n) is 42.1. The number of hydrogen-bond donors (Lipinski definition) is 2. The highest BCUT2D eigenvalue weighted by atomic mass is 19.1. The molecule has 5 atom stereocenters. The molecule has 2 N–H and O–H groups in total. The topological polar surface area (TPSA) is 49.7 Å². The molecule has 0 aliphatic carbocycles. The Labute approximate surface area is 331 Å². The van der Waals surface area contributed by atoms with Crippen LogP contribution in [0.1, 0.15) is 221 Å². The van der Waals surface area contributed by atoms with Crippen LogP contribution in [-0.2, 0) is 4.74 Å². The Morgan fingerprint density at radius 2 is 0.635 bits per heavy atom. The lowest BCUT2D eigenvalue weighted by Gasteiger charge is -2.38. The summed E-state index contributed by atoms with van der Waals surface area (Å²) in [5.74, 6) is 2.11. The van der Waals surface area contributed by atoms with Crippen molar-refractivity contribution in [2.45, 2.75) is 244 Å². The van der Waals surface area contributed by atoms with Crippen LogP contribution in [0.25, 0.3) is 0 Å². The van der Waals surface area contributed by atoms with Crippen molar-refractivity contribution in [2.75, 3.05) is 6.61 Å². The van der Waals surface area contributed by atoms with Crippen molar-refractivity contribution in [3.05, 3.63) is 0 Å². The zero-order chi connectivity index (χ0) is 44.1. The molecule has 0 rings (SSSR count). The van der Waals surface area contributed by atoms with Gasteiger partial charge in [0.05, 0.1) is 17.3 Å². The Balaban J connectivity index is -0.000000177. The van der Waals surface area contributed by atoms with Crippen LogP contribution in [0.3, 0.4) is 0 Å². The Kier molecular flexibility index (Phi) is 26.4. The molecular formula is C48H105FO3. The molecule has 0 heterocycles. The van der Waals surface area contributed by atoms with Crippen molar-refractivity contribution >= 4 is 0 Å². The Bertz CT molecular complexity index is 696. The fourth-order valence-corrected chi connectivity index (χ4v) is 5.60. The SMILES string of the molecule is CC(C(C)(C)C)C(C)(C)C.CC(C(C)(C)C)C(C)(C)F.CC(C(C)(C)C)C(C)(C)O.CC(C(C)(C)C)C(C)(C)O.CCCOC(C)C(C)C(C)(C)C. The third kappa shape index (κ3) is 31.1. The maximum Gasteiger partial charge on any atom is 0.108 e. The first-order valence-corrected chi connectivity index (χ1v) is 20.8. The summed E-state index contributed by atoms with van der Waals surface area (Å²) in [6.45, 7) is 66.4. The van der Waals surface area contributed by atoms with Gasteiger partial charge in [0.2, 0.25) is 0 Å². The van der Waals surface area contributed by atoms with Crippen LogP contribution in [0, 0.1) is 62.1 Å². The Hall–Kier alpha value is -0.190. The summed E-state index contributed by atoms with van der Waals surface area (Å²) < 4.78 is 19.0. The second kappa shape index (κ2) is 22.5. The van der Waals surface area contributed by atoms with Gasteiger partial charge in [0.1, 0.15) is 5.67 Å². The summed E-state index contributed by atoms with van der Waals surface area (Å²) in [6, 6.07) is 0. The fourth-order valence-electron chi connectivity index (χ4n) is 5.60. The van der Waals surface area contributed by atoms with E-state index in [1.165, 1.54) is 0 Å². The van der Waals surface area contributed by atoms with E-state index in [0.717, 1.165) is 18.9 Å². The third-order valence-corrected chi connectivity index (χ3v) is 12.3. The molecule has 0 bridgehead atoms. The van der Waals surface area contributed by atoms with Crippen LogP contribution in [0.4, 0.5) is 4.39 Å². The van der Waals surface area contributed by atoms with Crippen molar-refractivity contribution in [3.8, 4) is 0 Å². The van der Waals surface area contributed by atoms with Gasteiger partial charge < -0.3 is 14.9 Å². The molecule has 5 unspecified atom stereocenters. The highest BCUT2D eigenvalue weighted by Crippen LogP contribution is 2.39. The minimum Gasteiger partial charge on any atom is -0.390 e. The van der Waals surface area contributed by atoms with Gasteiger partial charge in [-0.25, -0.2) is 4.39 Å². The molecule has 0 aliphatic rings. The summed E-state index contributed by atoms with van der Waals surface area (Å²) in [6.07, 6.45) is 1.49. The van der Waals surface area contributed by atoms with Crippen molar-refractivity contribution in [1.82, 2.24) is 0 Å². The van der Waals surface area contributed by atoms with E-state index in [-0.39, 0.29) is 22.2 Å². The molecule has 0 aromatic rings. The van der Waals surface area contributed by atoms with E-state index < -0.39 is 16.9 Å². The summed E-state index contributed by atoms with van der Waals surface area (Å²) in [7, 11) is 0. The van der Waals surface area contributed by atoms with E-state index in [2.05, 4.69) is 166 Å². The normalized spacial score (nSPS) is 16.7. The van der Waals surface area contributed by atoms with Crippen LogP contribution in [-0.4, -0.2) is 39.8 Å². The van der Waals surface area contributed by atoms with Crippen molar-refractivity contribution in [2.24, 2.45) is 62.1 Å². The number of rotatable bonds is 7. The lowest BCUT2D eigenvalue weighted by Crippen LogP contribution is -2.37. The molecule has 4 heteroatoms.